The van der Waals surface area contributed by atoms with Crippen molar-refractivity contribution in [1.29, 1.82) is 0 Å². The predicted molar refractivity (Wildman–Crippen MR) is 111 cm³/mol. The number of aliphatic imine (C=N–C) groups is 1. The van der Waals surface area contributed by atoms with Crippen molar-refractivity contribution in [3.8, 4) is 0 Å². The zero-order valence-corrected chi connectivity index (χ0v) is 16.8. The standard InChI is InChI=1S/C20H28ClN5O/c1-22-19(27)11-14-6-9-26(10-7-14)20(23-2)24-8-5-15-13-25-18-4-3-16(21)12-17(15)18/h3-4,12-14,25H,5-11H2,1-2H3,(H,22,27)(H,23,24). The van der Waals surface area contributed by atoms with Crippen LogP contribution < -0.4 is 10.6 Å². The van der Waals surface area contributed by atoms with Gasteiger partial charge in [-0.3, -0.25) is 9.79 Å². The highest BCUT2D eigenvalue weighted by Crippen LogP contribution is 2.23. The molecule has 1 aliphatic rings. The number of guanidine groups is 1. The van der Waals surface area contributed by atoms with E-state index in [4.69, 9.17) is 11.6 Å². The quantitative estimate of drug-likeness (QED) is 0.544. The molecule has 3 N–H and O–H groups in total. The van der Waals surface area contributed by atoms with Gasteiger partial charge in [-0.1, -0.05) is 11.6 Å². The molecular formula is C20H28ClN5O. The Morgan fingerprint density at radius 3 is 2.85 bits per heavy atom. The van der Waals surface area contributed by atoms with Crippen LogP contribution in [0.3, 0.4) is 0 Å². The average molecular weight is 390 g/mol. The molecule has 0 spiro atoms. The highest BCUT2D eigenvalue weighted by molar-refractivity contribution is 6.31. The Balaban J connectivity index is 1.50. The summed E-state index contributed by atoms with van der Waals surface area (Å²) < 4.78 is 0. The summed E-state index contributed by atoms with van der Waals surface area (Å²) in [4.78, 5) is 21.6. The van der Waals surface area contributed by atoms with Crippen LogP contribution in [0.2, 0.25) is 5.02 Å². The van der Waals surface area contributed by atoms with E-state index >= 15 is 0 Å². The Bertz CT molecular complexity index is 808. The molecule has 3 rings (SSSR count). The van der Waals surface area contributed by atoms with Gasteiger partial charge in [0.15, 0.2) is 5.96 Å². The third-order valence-corrected chi connectivity index (χ3v) is 5.52. The highest BCUT2D eigenvalue weighted by Gasteiger charge is 2.23. The fourth-order valence-electron chi connectivity index (χ4n) is 3.71. The fraction of sp³-hybridized carbons (Fsp3) is 0.500. The third kappa shape index (κ3) is 4.95. The molecule has 2 aromatic rings. The van der Waals surface area contributed by atoms with Crippen LogP contribution in [-0.4, -0.2) is 55.5 Å². The number of fused-ring (bicyclic) bond motifs is 1. The van der Waals surface area contributed by atoms with E-state index in [-0.39, 0.29) is 5.91 Å². The van der Waals surface area contributed by atoms with E-state index in [1.54, 1.807) is 7.05 Å². The summed E-state index contributed by atoms with van der Waals surface area (Å²) in [5, 5.41) is 8.12. The summed E-state index contributed by atoms with van der Waals surface area (Å²) in [7, 11) is 3.52. The molecule has 0 aliphatic carbocycles. The molecule has 0 radical (unpaired) electrons. The minimum Gasteiger partial charge on any atom is -0.361 e. The second-order valence-corrected chi connectivity index (χ2v) is 7.47. The number of rotatable bonds is 5. The molecule has 1 saturated heterocycles. The number of carbonyl (C=O) groups is 1. The molecule has 0 unspecified atom stereocenters. The molecule has 1 fully saturated rings. The Hall–Kier alpha value is -2.21. The van der Waals surface area contributed by atoms with Gasteiger partial charge in [0.1, 0.15) is 0 Å². The van der Waals surface area contributed by atoms with Crippen LogP contribution in [0.15, 0.2) is 29.4 Å². The van der Waals surface area contributed by atoms with Crippen LogP contribution in [0.25, 0.3) is 10.9 Å². The lowest BCUT2D eigenvalue weighted by Gasteiger charge is -2.34. The number of likely N-dealkylation sites (tertiary alicyclic amines) is 1. The Labute approximate surface area is 165 Å². The Kier molecular flexibility index (Phi) is 6.61. The number of aromatic nitrogens is 1. The number of nitrogens with zero attached hydrogens (tertiary/aromatic N) is 2. The number of hydrogen-bond donors (Lipinski definition) is 3. The SMILES string of the molecule is CN=C(NCCc1c[nH]c2ccc(Cl)cc12)N1CCC(CC(=O)NC)CC1. The maximum atomic E-state index is 11.5. The first kappa shape index (κ1) is 19.5. The van der Waals surface area contributed by atoms with Gasteiger partial charge in [-0.2, -0.15) is 0 Å². The zero-order valence-electron chi connectivity index (χ0n) is 16.0. The zero-order chi connectivity index (χ0) is 19.2. The second kappa shape index (κ2) is 9.13. The molecule has 27 heavy (non-hydrogen) atoms. The molecule has 6 nitrogen and oxygen atoms in total. The first-order chi connectivity index (χ1) is 13.1. The number of halogens is 1. The normalized spacial score (nSPS) is 16.0. The van der Waals surface area contributed by atoms with E-state index in [9.17, 15) is 4.79 Å². The van der Waals surface area contributed by atoms with Crippen LogP contribution >= 0.6 is 11.6 Å². The van der Waals surface area contributed by atoms with Crippen LogP contribution in [0.5, 0.6) is 0 Å². The second-order valence-electron chi connectivity index (χ2n) is 7.04. The molecular weight excluding hydrogens is 362 g/mol. The van der Waals surface area contributed by atoms with Gasteiger partial charge in [-0.05, 0) is 48.9 Å². The highest BCUT2D eigenvalue weighted by atomic mass is 35.5. The lowest BCUT2D eigenvalue weighted by Crippen LogP contribution is -2.46. The number of benzene rings is 1. The number of carbonyl (C=O) groups excluding carboxylic acids is 1. The maximum absolute atomic E-state index is 11.5. The van der Waals surface area contributed by atoms with Crippen LogP contribution in [-0.2, 0) is 11.2 Å². The van der Waals surface area contributed by atoms with Crippen LogP contribution in [0.4, 0.5) is 0 Å². The molecule has 2 heterocycles. The monoisotopic (exact) mass is 389 g/mol. The summed E-state index contributed by atoms with van der Waals surface area (Å²) in [6.45, 7) is 2.68. The van der Waals surface area contributed by atoms with Crippen molar-refractivity contribution in [2.75, 3.05) is 33.7 Å². The van der Waals surface area contributed by atoms with Crippen LogP contribution in [0, 0.1) is 5.92 Å². The number of piperidine rings is 1. The summed E-state index contributed by atoms with van der Waals surface area (Å²) in [6, 6.07) is 5.92. The smallest absolute Gasteiger partial charge is 0.220 e. The van der Waals surface area contributed by atoms with E-state index in [2.05, 4.69) is 31.7 Å². The van der Waals surface area contributed by atoms with Gasteiger partial charge in [0.25, 0.3) is 0 Å². The fourth-order valence-corrected chi connectivity index (χ4v) is 3.88. The minimum atomic E-state index is 0.134. The largest absolute Gasteiger partial charge is 0.361 e. The first-order valence-electron chi connectivity index (χ1n) is 9.52. The summed E-state index contributed by atoms with van der Waals surface area (Å²) in [6.07, 6.45) is 5.62. The van der Waals surface area contributed by atoms with E-state index in [0.29, 0.717) is 12.3 Å². The molecule has 1 aromatic heterocycles. The average Bonchev–Trinajstić information content (AvgIpc) is 3.08. The molecule has 0 bridgehead atoms. The lowest BCUT2D eigenvalue weighted by atomic mass is 9.93. The molecule has 146 valence electrons. The van der Waals surface area contributed by atoms with Gasteiger partial charge in [0, 0.05) is 62.3 Å². The third-order valence-electron chi connectivity index (χ3n) is 5.29. The van der Waals surface area contributed by atoms with Gasteiger partial charge in [0.2, 0.25) is 5.91 Å². The van der Waals surface area contributed by atoms with Crippen molar-refractivity contribution in [3.63, 3.8) is 0 Å². The molecule has 1 aromatic carbocycles. The number of amides is 1. The topological polar surface area (TPSA) is 72.5 Å². The maximum Gasteiger partial charge on any atom is 0.220 e. The molecule has 7 heteroatoms. The Morgan fingerprint density at radius 1 is 1.37 bits per heavy atom. The minimum absolute atomic E-state index is 0.134. The van der Waals surface area contributed by atoms with E-state index in [1.165, 1.54) is 10.9 Å². The summed E-state index contributed by atoms with van der Waals surface area (Å²) >= 11 is 6.13. The summed E-state index contributed by atoms with van der Waals surface area (Å²) in [5.41, 5.74) is 2.36. The van der Waals surface area contributed by atoms with E-state index in [0.717, 1.165) is 55.4 Å². The number of H-pyrrole nitrogens is 1. The predicted octanol–water partition coefficient (Wildman–Crippen LogP) is 2.79. The number of nitrogens with one attached hydrogen (secondary N) is 3. The van der Waals surface area contributed by atoms with Crippen molar-refractivity contribution < 1.29 is 4.79 Å². The molecule has 1 amide bonds. The van der Waals surface area contributed by atoms with Gasteiger partial charge in [-0.25, -0.2) is 0 Å². The van der Waals surface area contributed by atoms with Gasteiger partial charge in [-0.15, -0.1) is 0 Å². The van der Waals surface area contributed by atoms with E-state index in [1.807, 2.05) is 25.2 Å². The Morgan fingerprint density at radius 2 is 2.15 bits per heavy atom. The lowest BCUT2D eigenvalue weighted by molar-refractivity contribution is -0.121. The molecule has 1 aliphatic heterocycles. The first-order valence-corrected chi connectivity index (χ1v) is 9.90. The van der Waals surface area contributed by atoms with Crippen molar-refractivity contribution in [1.82, 2.24) is 20.5 Å². The van der Waals surface area contributed by atoms with Gasteiger partial charge < -0.3 is 20.5 Å². The van der Waals surface area contributed by atoms with Gasteiger partial charge in [0.05, 0.1) is 0 Å². The number of hydrogen-bond acceptors (Lipinski definition) is 2. The van der Waals surface area contributed by atoms with Crippen molar-refractivity contribution in [2.24, 2.45) is 10.9 Å². The van der Waals surface area contributed by atoms with Crippen molar-refractivity contribution in [3.05, 3.63) is 35.0 Å². The van der Waals surface area contributed by atoms with Crippen molar-refractivity contribution in [2.45, 2.75) is 25.7 Å². The molecule has 0 atom stereocenters. The molecule has 0 saturated carbocycles. The van der Waals surface area contributed by atoms with Crippen molar-refractivity contribution >= 4 is 34.4 Å². The van der Waals surface area contributed by atoms with E-state index < -0.39 is 0 Å². The van der Waals surface area contributed by atoms with Gasteiger partial charge >= 0.3 is 0 Å². The summed E-state index contributed by atoms with van der Waals surface area (Å²) in [5.74, 6) is 1.54. The number of aromatic amines is 1. The van der Waals surface area contributed by atoms with Crippen LogP contribution in [0.1, 0.15) is 24.8 Å².